The summed E-state index contributed by atoms with van der Waals surface area (Å²) < 4.78 is 5.84. The number of carbonyl (C=O) groups is 1. The second-order valence-corrected chi connectivity index (χ2v) is 7.77. The first-order valence-corrected chi connectivity index (χ1v) is 10.6. The topological polar surface area (TPSA) is 99.7 Å². The standard InChI is InChI=1S/C26H21N3O4/c30-26(31)16-29(32)24-15-19(18-6-2-1-3-7-18)20-14-17(10-12-21(20)27-24)11-13-25-28-22-8-4-5-9-23(22)33-25/h1-10,12,14-15,32H,11,13,16H2,(H,30,31). The van der Waals surface area contributed by atoms with Gasteiger partial charge >= 0.3 is 5.97 Å². The normalized spacial score (nSPS) is 11.2. The fourth-order valence-corrected chi connectivity index (χ4v) is 3.89. The van der Waals surface area contributed by atoms with Gasteiger partial charge < -0.3 is 9.52 Å². The number of benzene rings is 3. The van der Waals surface area contributed by atoms with Crippen LogP contribution < -0.4 is 5.06 Å². The van der Waals surface area contributed by atoms with Crippen LogP contribution in [0.1, 0.15) is 11.5 Å². The van der Waals surface area contributed by atoms with E-state index < -0.39 is 12.5 Å². The van der Waals surface area contributed by atoms with Crippen molar-refractivity contribution in [3.8, 4) is 11.1 Å². The molecular formula is C26H21N3O4. The zero-order valence-corrected chi connectivity index (χ0v) is 17.7. The van der Waals surface area contributed by atoms with Crippen LogP contribution >= 0.6 is 0 Å². The van der Waals surface area contributed by atoms with Crippen molar-refractivity contribution in [3.63, 3.8) is 0 Å². The molecule has 0 aliphatic carbocycles. The first kappa shape index (κ1) is 20.7. The fraction of sp³-hybridized carbons (Fsp3) is 0.115. The molecule has 0 bridgehead atoms. The molecule has 3 aromatic carbocycles. The number of nitrogens with zero attached hydrogens (tertiary/aromatic N) is 3. The number of fused-ring (bicyclic) bond motifs is 2. The number of hydrogen-bond donors (Lipinski definition) is 2. The summed E-state index contributed by atoms with van der Waals surface area (Å²) in [6.07, 6.45) is 1.40. The Morgan fingerprint density at radius 1 is 0.879 bits per heavy atom. The zero-order chi connectivity index (χ0) is 22.8. The van der Waals surface area contributed by atoms with Gasteiger partial charge in [0.2, 0.25) is 0 Å². The molecule has 0 unspecified atom stereocenters. The average Bonchev–Trinajstić information content (AvgIpc) is 3.25. The number of oxazole rings is 1. The van der Waals surface area contributed by atoms with Gasteiger partial charge in [-0.05, 0) is 53.4 Å². The molecule has 33 heavy (non-hydrogen) atoms. The van der Waals surface area contributed by atoms with E-state index in [1.165, 1.54) is 0 Å². The molecular weight excluding hydrogens is 418 g/mol. The third kappa shape index (κ3) is 4.40. The van der Waals surface area contributed by atoms with Gasteiger partial charge in [-0.2, -0.15) is 0 Å². The number of hydroxylamine groups is 1. The van der Waals surface area contributed by atoms with Crippen LogP contribution in [0.5, 0.6) is 0 Å². The van der Waals surface area contributed by atoms with Crippen LogP contribution in [-0.4, -0.2) is 32.8 Å². The molecule has 7 nitrogen and oxygen atoms in total. The maximum absolute atomic E-state index is 11.0. The van der Waals surface area contributed by atoms with Crippen molar-refractivity contribution in [2.75, 3.05) is 11.6 Å². The van der Waals surface area contributed by atoms with Gasteiger partial charge in [-0.25, -0.2) is 15.0 Å². The van der Waals surface area contributed by atoms with Crippen molar-refractivity contribution in [2.45, 2.75) is 12.8 Å². The number of aliphatic carboxylic acids is 1. The van der Waals surface area contributed by atoms with E-state index in [4.69, 9.17) is 9.52 Å². The third-order valence-corrected chi connectivity index (χ3v) is 5.46. The lowest BCUT2D eigenvalue weighted by Gasteiger charge is -2.17. The largest absolute Gasteiger partial charge is 0.480 e. The SMILES string of the molecule is O=C(O)CN(O)c1cc(-c2ccccc2)c2cc(CCc3nc4ccccc4o3)ccc2n1. The lowest BCUT2D eigenvalue weighted by molar-refractivity contribution is -0.136. The van der Waals surface area contributed by atoms with Crippen LogP contribution in [0.15, 0.2) is 83.3 Å². The van der Waals surface area contributed by atoms with E-state index in [1.807, 2.05) is 66.7 Å². The lowest BCUT2D eigenvalue weighted by Crippen LogP contribution is -2.26. The molecule has 0 spiro atoms. The predicted octanol–water partition coefficient (Wildman–Crippen LogP) is 5.11. The van der Waals surface area contributed by atoms with Gasteiger partial charge in [0.1, 0.15) is 12.1 Å². The maximum Gasteiger partial charge on any atom is 0.325 e. The molecule has 7 heteroatoms. The van der Waals surface area contributed by atoms with E-state index in [1.54, 1.807) is 6.07 Å². The Balaban J connectivity index is 1.50. The molecule has 0 fully saturated rings. The number of aromatic nitrogens is 2. The number of carboxylic acid groups (broad SMARTS) is 1. The molecule has 5 rings (SSSR count). The van der Waals surface area contributed by atoms with Crippen LogP contribution in [0.25, 0.3) is 33.1 Å². The first-order valence-electron chi connectivity index (χ1n) is 10.6. The van der Waals surface area contributed by atoms with E-state index in [9.17, 15) is 10.0 Å². The highest BCUT2D eigenvalue weighted by atomic mass is 16.5. The summed E-state index contributed by atoms with van der Waals surface area (Å²) in [4.78, 5) is 20.1. The van der Waals surface area contributed by atoms with Crippen LogP contribution in [-0.2, 0) is 17.6 Å². The molecule has 0 radical (unpaired) electrons. The summed E-state index contributed by atoms with van der Waals surface area (Å²) in [5.74, 6) is -0.268. The van der Waals surface area contributed by atoms with Crippen LogP contribution in [0.3, 0.4) is 0 Å². The number of pyridine rings is 1. The summed E-state index contributed by atoms with van der Waals surface area (Å²) in [6, 6.07) is 25.1. The van der Waals surface area contributed by atoms with Crippen LogP contribution in [0.4, 0.5) is 5.82 Å². The summed E-state index contributed by atoms with van der Waals surface area (Å²) in [5.41, 5.74) is 5.21. The Kier molecular flexibility index (Phi) is 5.46. The van der Waals surface area contributed by atoms with Gasteiger partial charge in [-0.15, -0.1) is 0 Å². The van der Waals surface area contributed by atoms with E-state index in [-0.39, 0.29) is 5.82 Å². The van der Waals surface area contributed by atoms with E-state index in [0.29, 0.717) is 22.9 Å². The highest BCUT2D eigenvalue weighted by Crippen LogP contribution is 2.32. The molecule has 5 aromatic rings. The maximum atomic E-state index is 11.0. The second-order valence-electron chi connectivity index (χ2n) is 7.77. The second kappa shape index (κ2) is 8.72. The molecule has 0 atom stereocenters. The van der Waals surface area contributed by atoms with E-state index in [0.717, 1.165) is 39.6 Å². The molecule has 0 saturated heterocycles. The molecule has 0 amide bonds. The smallest absolute Gasteiger partial charge is 0.325 e. The number of rotatable bonds is 7. The molecule has 2 heterocycles. The zero-order valence-electron chi connectivity index (χ0n) is 17.7. The van der Waals surface area contributed by atoms with Crippen molar-refractivity contribution >= 4 is 33.8 Å². The number of anilines is 1. The number of hydrogen-bond acceptors (Lipinski definition) is 6. The molecule has 0 aliphatic heterocycles. The van der Waals surface area contributed by atoms with Gasteiger partial charge in [0.15, 0.2) is 17.3 Å². The Bertz CT molecular complexity index is 1410. The summed E-state index contributed by atoms with van der Waals surface area (Å²) >= 11 is 0. The van der Waals surface area contributed by atoms with Crippen molar-refractivity contribution in [1.82, 2.24) is 9.97 Å². The first-order chi connectivity index (χ1) is 16.1. The van der Waals surface area contributed by atoms with Crippen molar-refractivity contribution in [1.29, 1.82) is 0 Å². The Morgan fingerprint density at radius 3 is 2.45 bits per heavy atom. The summed E-state index contributed by atoms with van der Waals surface area (Å²) in [6.45, 7) is -0.560. The van der Waals surface area contributed by atoms with E-state index in [2.05, 4.69) is 16.0 Å². The Hall–Kier alpha value is -4.23. The predicted molar refractivity (Wildman–Crippen MR) is 125 cm³/mol. The Morgan fingerprint density at radius 2 is 1.67 bits per heavy atom. The summed E-state index contributed by atoms with van der Waals surface area (Å²) in [5, 5.41) is 20.8. The van der Waals surface area contributed by atoms with Crippen molar-refractivity contribution in [2.24, 2.45) is 0 Å². The van der Waals surface area contributed by atoms with Gasteiger partial charge in [-0.1, -0.05) is 48.5 Å². The molecule has 0 aliphatic rings. The van der Waals surface area contributed by atoms with Crippen molar-refractivity contribution < 1.29 is 19.5 Å². The van der Waals surface area contributed by atoms with Gasteiger partial charge in [0.25, 0.3) is 0 Å². The monoisotopic (exact) mass is 439 g/mol. The van der Waals surface area contributed by atoms with Crippen LogP contribution in [0, 0.1) is 0 Å². The van der Waals surface area contributed by atoms with E-state index >= 15 is 0 Å². The highest BCUT2D eigenvalue weighted by Gasteiger charge is 2.15. The average molecular weight is 439 g/mol. The van der Waals surface area contributed by atoms with Gasteiger partial charge in [-0.3, -0.25) is 10.0 Å². The number of carboxylic acids is 1. The Labute approximate surface area is 189 Å². The van der Waals surface area contributed by atoms with Crippen LogP contribution in [0.2, 0.25) is 0 Å². The quantitative estimate of drug-likeness (QED) is 0.340. The molecule has 164 valence electrons. The minimum absolute atomic E-state index is 0.183. The minimum atomic E-state index is -1.14. The van der Waals surface area contributed by atoms with Gasteiger partial charge in [0, 0.05) is 11.8 Å². The molecule has 2 N–H and O–H groups in total. The van der Waals surface area contributed by atoms with Crippen molar-refractivity contribution in [3.05, 3.63) is 90.3 Å². The minimum Gasteiger partial charge on any atom is -0.480 e. The number of aryl methyl sites for hydroxylation is 2. The summed E-state index contributed by atoms with van der Waals surface area (Å²) in [7, 11) is 0. The lowest BCUT2D eigenvalue weighted by atomic mass is 9.98. The fourth-order valence-electron chi connectivity index (χ4n) is 3.89. The third-order valence-electron chi connectivity index (χ3n) is 5.46. The molecule has 2 aromatic heterocycles. The number of para-hydroxylation sites is 2. The highest BCUT2D eigenvalue weighted by molar-refractivity contribution is 5.96. The molecule has 0 saturated carbocycles. The van der Waals surface area contributed by atoms with Gasteiger partial charge in [0.05, 0.1) is 5.52 Å².